The van der Waals surface area contributed by atoms with Gasteiger partial charge in [-0.05, 0) is 52.0 Å². The highest BCUT2D eigenvalue weighted by Gasteiger charge is 2.07. The van der Waals surface area contributed by atoms with Gasteiger partial charge >= 0.3 is 5.97 Å². The largest absolute Gasteiger partial charge is 0.466 e. The normalized spacial score (nSPS) is 12.6. The average molecular weight is 452 g/mol. The van der Waals surface area contributed by atoms with Crippen LogP contribution >= 0.6 is 0 Å². The Kier molecular flexibility index (Phi) is 24.1. The topological polar surface area (TPSA) is 60.0 Å². The van der Waals surface area contributed by atoms with Gasteiger partial charge in [-0.1, -0.05) is 76.1 Å². The Morgan fingerprint density at radius 1 is 0.875 bits per heavy atom. The number of rotatable bonds is 24. The number of nitrogens with zero attached hydrogens (tertiary/aromatic N) is 1. The lowest BCUT2D eigenvalue weighted by Crippen LogP contribution is -2.25. The molecular formula is C25H49BN2O4. The molecule has 0 bridgehead atoms. The molecule has 0 aromatic heterocycles. The van der Waals surface area contributed by atoms with E-state index in [-0.39, 0.29) is 25.0 Å². The van der Waals surface area contributed by atoms with Crippen LogP contribution in [0.2, 0.25) is 5.82 Å². The van der Waals surface area contributed by atoms with Gasteiger partial charge in [0.2, 0.25) is 0 Å². The van der Waals surface area contributed by atoms with E-state index in [9.17, 15) is 4.79 Å². The Labute approximate surface area is 199 Å². The van der Waals surface area contributed by atoms with Crippen LogP contribution in [0.4, 0.5) is 0 Å². The van der Waals surface area contributed by atoms with Crippen LogP contribution < -0.4 is 5.64 Å². The van der Waals surface area contributed by atoms with Gasteiger partial charge < -0.3 is 9.64 Å². The van der Waals surface area contributed by atoms with Crippen molar-refractivity contribution in [2.45, 2.75) is 103 Å². The molecule has 6 nitrogen and oxygen atoms in total. The van der Waals surface area contributed by atoms with Crippen molar-refractivity contribution in [2.75, 3.05) is 40.5 Å². The smallest absolute Gasteiger partial charge is 0.305 e. The average Bonchev–Trinajstić information content (AvgIpc) is 2.77. The maximum absolute atomic E-state index is 11.8. The van der Waals surface area contributed by atoms with Crippen molar-refractivity contribution < 1.29 is 19.2 Å². The fourth-order valence-electron chi connectivity index (χ4n) is 3.11. The second-order valence-electron chi connectivity index (χ2n) is 8.82. The number of esters is 1. The van der Waals surface area contributed by atoms with E-state index in [1.807, 2.05) is 19.0 Å². The number of likely N-dealkylation sites (N-methyl/N-ethyl adjacent to an activating group) is 1. The van der Waals surface area contributed by atoms with E-state index in [0.717, 1.165) is 19.4 Å². The second kappa shape index (κ2) is 24.8. The van der Waals surface area contributed by atoms with Crippen LogP contribution in [0.1, 0.15) is 96.8 Å². The van der Waals surface area contributed by atoms with Gasteiger partial charge in [0.25, 0.3) is 0 Å². The molecule has 0 rings (SSSR count). The second-order valence-corrected chi connectivity index (χ2v) is 8.82. The number of carbonyl (C=O) groups is 1. The van der Waals surface area contributed by atoms with Crippen LogP contribution in [-0.2, 0) is 19.2 Å². The highest BCUT2D eigenvalue weighted by molar-refractivity contribution is 6.11. The van der Waals surface area contributed by atoms with Gasteiger partial charge in [0.1, 0.15) is 0 Å². The third-order valence-electron chi connectivity index (χ3n) is 5.16. The van der Waals surface area contributed by atoms with Crippen molar-refractivity contribution in [1.82, 2.24) is 10.5 Å². The summed E-state index contributed by atoms with van der Waals surface area (Å²) < 4.78 is 5.20. The molecule has 0 aliphatic heterocycles. The Hall–Kier alpha value is -0.885. The minimum atomic E-state index is -0.377. The van der Waals surface area contributed by atoms with Gasteiger partial charge in [0.15, 0.2) is 0 Å². The lowest BCUT2D eigenvalue weighted by molar-refractivity contribution is -0.174. The molecule has 0 saturated carbocycles. The first-order valence-corrected chi connectivity index (χ1v) is 12.8. The number of unbranched alkanes of at least 4 members (excludes halogenated alkanes) is 11. The number of allylic oxidation sites excluding steroid dienone is 2. The van der Waals surface area contributed by atoms with Crippen molar-refractivity contribution in [1.29, 1.82) is 0 Å². The first kappa shape index (κ1) is 31.1. The van der Waals surface area contributed by atoms with Crippen molar-refractivity contribution in [2.24, 2.45) is 0 Å². The molecule has 1 unspecified atom stereocenters. The van der Waals surface area contributed by atoms with Crippen molar-refractivity contribution in [3.63, 3.8) is 0 Å². The lowest BCUT2D eigenvalue weighted by Gasteiger charge is -2.14. The molecule has 0 aromatic rings. The molecule has 0 fully saturated rings. The zero-order valence-corrected chi connectivity index (χ0v) is 21.1. The zero-order chi connectivity index (χ0) is 23.7. The number of nitrogens with one attached hydrogen (secondary N) is 1. The van der Waals surface area contributed by atoms with Gasteiger partial charge in [0, 0.05) is 13.0 Å². The molecule has 0 amide bonds. The van der Waals surface area contributed by atoms with E-state index in [4.69, 9.17) is 22.3 Å². The van der Waals surface area contributed by atoms with E-state index in [1.165, 1.54) is 70.6 Å². The van der Waals surface area contributed by atoms with Gasteiger partial charge in [0.05, 0.1) is 27.7 Å². The van der Waals surface area contributed by atoms with Gasteiger partial charge in [-0.25, -0.2) is 0 Å². The highest BCUT2D eigenvalue weighted by Crippen LogP contribution is 2.10. The first-order chi connectivity index (χ1) is 15.6. The van der Waals surface area contributed by atoms with E-state index in [0.29, 0.717) is 13.0 Å². The highest BCUT2D eigenvalue weighted by atomic mass is 16.9. The Morgan fingerprint density at radius 2 is 1.47 bits per heavy atom. The van der Waals surface area contributed by atoms with Crippen molar-refractivity contribution in [3.8, 4) is 0 Å². The number of hydrogen-bond acceptors (Lipinski definition) is 6. The van der Waals surface area contributed by atoms with Crippen LogP contribution in [-0.4, -0.2) is 59.2 Å². The minimum Gasteiger partial charge on any atom is -0.466 e. The van der Waals surface area contributed by atoms with E-state index in [2.05, 4.69) is 24.7 Å². The summed E-state index contributed by atoms with van der Waals surface area (Å²) >= 11 is 0. The molecule has 32 heavy (non-hydrogen) atoms. The van der Waals surface area contributed by atoms with Crippen molar-refractivity contribution >= 4 is 13.8 Å². The summed E-state index contributed by atoms with van der Waals surface area (Å²) in [7, 11) is 9.79. The van der Waals surface area contributed by atoms with Crippen molar-refractivity contribution in [3.05, 3.63) is 12.2 Å². The summed E-state index contributed by atoms with van der Waals surface area (Å²) in [6, 6.07) is 0. The van der Waals surface area contributed by atoms with Crippen LogP contribution in [0.5, 0.6) is 0 Å². The molecule has 1 atom stereocenters. The summed E-state index contributed by atoms with van der Waals surface area (Å²) in [6.45, 7) is 3.92. The molecule has 186 valence electrons. The Morgan fingerprint density at radius 3 is 2.09 bits per heavy atom. The molecule has 0 spiro atoms. The Balaban J connectivity index is 3.34. The summed E-state index contributed by atoms with van der Waals surface area (Å²) in [4.78, 5) is 24.0. The summed E-state index contributed by atoms with van der Waals surface area (Å²) in [6.07, 6.45) is 21.3. The molecular weight excluding hydrogens is 403 g/mol. The molecule has 0 aromatic carbocycles. The zero-order valence-electron chi connectivity index (χ0n) is 21.1. The molecule has 2 radical (unpaired) electrons. The SMILES string of the molecule is [B]C(CONOCCN(C)C)COC(=O)CCCCCCC/C=C\CCCCCCCC. The molecule has 0 saturated heterocycles. The monoisotopic (exact) mass is 452 g/mol. The maximum Gasteiger partial charge on any atom is 0.305 e. The molecule has 0 aliphatic rings. The molecule has 0 aliphatic carbocycles. The van der Waals surface area contributed by atoms with Gasteiger partial charge in [-0.15, -0.1) is 0 Å². The summed E-state index contributed by atoms with van der Waals surface area (Å²) in [5, 5.41) is 0. The standard InChI is InChI=1S/C25H49BN2O4/c1-4-5-6-7-8-9-10-11-12-13-14-15-16-17-18-19-25(29)30-22-24(26)23-32-27-31-21-20-28(2)3/h11-12,24,27H,4-10,13-23H2,1-3H3/b12-11-. The molecule has 0 heterocycles. The van der Waals surface area contributed by atoms with E-state index in [1.54, 1.807) is 0 Å². The third kappa shape index (κ3) is 25.4. The fourth-order valence-corrected chi connectivity index (χ4v) is 3.11. The van der Waals surface area contributed by atoms with Crippen LogP contribution in [0.3, 0.4) is 0 Å². The summed E-state index contributed by atoms with van der Waals surface area (Å²) in [5.74, 6) is -0.564. The van der Waals surface area contributed by atoms with Crippen LogP contribution in [0.25, 0.3) is 0 Å². The number of ether oxygens (including phenoxy) is 1. The third-order valence-corrected chi connectivity index (χ3v) is 5.16. The van der Waals surface area contributed by atoms with E-state index >= 15 is 0 Å². The van der Waals surface area contributed by atoms with Gasteiger partial charge in [-0.3, -0.25) is 14.5 Å². The predicted molar refractivity (Wildman–Crippen MR) is 134 cm³/mol. The van der Waals surface area contributed by atoms with Crippen LogP contribution in [0, 0.1) is 0 Å². The molecule has 7 heteroatoms. The minimum absolute atomic E-state index is 0.156. The van der Waals surface area contributed by atoms with Gasteiger partial charge in [-0.2, -0.15) is 0 Å². The predicted octanol–water partition coefficient (Wildman–Crippen LogP) is 5.54. The fraction of sp³-hybridized carbons (Fsp3) is 0.880. The quantitative estimate of drug-likeness (QED) is 0.0682. The number of hydrogen-bond donors (Lipinski definition) is 1. The maximum atomic E-state index is 11.8. The number of carbonyl (C=O) groups excluding carboxylic acids is 1. The van der Waals surface area contributed by atoms with E-state index < -0.39 is 0 Å². The first-order valence-electron chi connectivity index (χ1n) is 12.8. The lowest BCUT2D eigenvalue weighted by atomic mass is 9.89. The summed E-state index contributed by atoms with van der Waals surface area (Å²) in [5.41, 5.74) is 2.39. The van der Waals surface area contributed by atoms with Crippen LogP contribution in [0.15, 0.2) is 12.2 Å². The Bertz CT molecular complexity index is 436. The molecule has 1 N–H and O–H groups in total.